The van der Waals surface area contributed by atoms with Crippen molar-refractivity contribution in [3.05, 3.63) is 126 Å². The van der Waals surface area contributed by atoms with E-state index in [-0.39, 0.29) is 43.8 Å². The summed E-state index contributed by atoms with van der Waals surface area (Å²) in [5.41, 5.74) is 2.92. The molecular formula is C39H35N7O4. The van der Waals surface area contributed by atoms with Gasteiger partial charge in [-0.1, -0.05) is 91.0 Å². The van der Waals surface area contributed by atoms with Crippen LogP contribution in [0, 0.1) is 11.3 Å². The Morgan fingerprint density at radius 3 is 2.24 bits per heavy atom. The Hall–Kier alpha value is -6.25. The molecule has 5 aromatic rings. The van der Waals surface area contributed by atoms with Crippen molar-refractivity contribution in [1.82, 2.24) is 25.1 Å². The first-order chi connectivity index (χ1) is 24.4. The molecule has 0 unspecified atom stereocenters. The SMILES string of the molecule is CNC(=O)N(CC#N)N1CC(=O)N2[C@@H](Cc3ccc(NC(=O)c4cccc5ccccc45)cc3)C(=O)N(Cc3cccc4ccccc34)C[C@@H]21. The van der Waals surface area contributed by atoms with Gasteiger partial charge in [-0.2, -0.15) is 10.3 Å². The third-order valence-corrected chi connectivity index (χ3v) is 9.46. The average molecular weight is 666 g/mol. The van der Waals surface area contributed by atoms with Crippen molar-refractivity contribution in [3.8, 4) is 6.07 Å². The molecule has 5 aromatic carbocycles. The fourth-order valence-corrected chi connectivity index (χ4v) is 7.07. The Labute approximate surface area is 289 Å². The molecule has 0 aliphatic carbocycles. The maximum Gasteiger partial charge on any atom is 0.332 e. The molecule has 0 aromatic heterocycles. The van der Waals surface area contributed by atoms with E-state index in [4.69, 9.17) is 0 Å². The monoisotopic (exact) mass is 665 g/mol. The van der Waals surface area contributed by atoms with Crippen molar-refractivity contribution in [2.75, 3.05) is 32.0 Å². The van der Waals surface area contributed by atoms with Crippen LogP contribution in [0.4, 0.5) is 10.5 Å². The first-order valence-corrected chi connectivity index (χ1v) is 16.4. The van der Waals surface area contributed by atoms with Crippen molar-refractivity contribution in [2.45, 2.75) is 25.2 Å². The second kappa shape index (κ2) is 13.7. The van der Waals surface area contributed by atoms with Crippen LogP contribution in [0.15, 0.2) is 109 Å². The number of nitrogens with zero attached hydrogens (tertiary/aromatic N) is 5. The van der Waals surface area contributed by atoms with Crippen LogP contribution in [0.1, 0.15) is 21.5 Å². The van der Waals surface area contributed by atoms with Crippen molar-refractivity contribution >= 4 is 51.0 Å². The zero-order valence-electron chi connectivity index (χ0n) is 27.5. The molecule has 2 N–H and O–H groups in total. The highest BCUT2D eigenvalue weighted by molar-refractivity contribution is 6.13. The minimum Gasteiger partial charge on any atom is -0.340 e. The number of nitriles is 1. The van der Waals surface area contributed by atoms with Crippen molar-refractivity contribution in [2.24, 2.45) is 0 Å². The molecule has 50 heavy (non-hydrogen) atoms. The van der Waals surface area contributed by atoms with Gasteiger partial charge in [0.05, 0.1) is 19.2 Å². The van der Waals surface area contributed by atoms with Gasteiger partial charge in [-0.05, 0) is 50.9 Å². The van der Waals surface area contributed by atoms with Gasteiger partial charge in [0, 0.05) is 31.3 Å². The minimum absolute atomic E-state index is 0.148. The fourth-order valence-electron chi connectivity index (χ4n) is 7.07. The highest BCUT2D eigenvalue weighted by Gasteiger charge is 2.52. The quantitative estimate of drug-likeness (QED) is 0.230. The Morgan fingerprint density at radius 1 is 0.860 bits per heavy atom. The van der Waals surface area contributed by atoms with Crippen LogP contribution in [-0.2, 0) is 22.6 Å². The Bertz CT molecular complexity index is 2150. The molecule has 2 saturated heterocycles. The Kier molecular flexibility index (Phi) is 8.85. The molecule has 2 heterocycles. The maximum atomic E-state index is 14.3. The van der Waals surface area contributed by atoms with Gasteiger partial charge in [0.1, 0.15) is 18.8 Å². The van der Waals surface area contributed by atoms with Crippen LogP contribution in [0.5, 0.6) is 0 Å². The molecule has 5 amide bonds. The lowest BCUT2D eigenvalue weighted by Crippen LogP contribution is -2.66. The van der Waals surface area contributed by atoms with E-state index in [9.17, 15) is 24.4 Å². The van der Waals surface area contributed by atoms with Gasteiger partial charge in [0.25, 0.3) is 5.91 Å². The normalized spacial score (nSPS) is 17.4. The van der Waals surface area contributed by atoms with Gasteiger partial charge in [-0.25, -0.2) is 9.80 Å². The van der Waals surface area contributed by atoms with Crippen molar-refractivity contribution in [1.29, 1.82) is 5.26 Å². The third kappa shape index (κ3) is 6.08. The van der Waals surface area contributed by atoms with Crippen LogP contribution >= 0.6 is 0 Å². The van der Waals surface area contributed by atoms with Crippen LogP contribution < -0.4 is 10.6 Å². The molecular weight excluding hydrogens is 630 g/mol. The number of nitrogens with one attached hydrogen (secondary N) is 2. The predicted molar refractivity (Wildman–Crippen MR) is 189 cm³/mol. The van der Waals surface area contributed by atoms with Crippen molar-refractivity contribution < 1.29 is 19.2 Å². The van der Waals surface area contributed by atoms with Gasteiger partial charge < -0.3 is 20.4 Å². The summed E-state index contributed by atoms with van der Waals surface area (Å²) in [6, 6.07) is 35.2. The van der Waals surface area contributed by atoms with Crippen molar-refractivity contribution in [3.63, 3.8) is 0 Å². The largest absolute Gasteiger partial charge is 0.340 e. The number of carbonyl (C=O) groups excluding carboxylic acids is 4. The maximum absolute atomic E-state index is 14.3. The lowest BCUT2D eigenvalue weighted by molar-refractivity contribution is -0.157. The number of rotatable bonds is 8. The number of benzene rings is 5. The highest BCUT2D eigenvalue weighted by Crippen LogP contribution is 2.31. The second-order valence-corrected chi connectivity index (χ2v) is 12.4. The average Bonchev–Trinajstić information content (AvgIpc) is 3.47. The second-order valence-electron chi connectivity index (χ2n) is 12.4. The van der Waals surface area contributed by atoms with Crippen LogP contribution in [0.2, 0.25) is 0 Å². The molecule has 0 radical (unpaired) electrons. The van der Waals surface area contributed by atoms with Crippen LogP contribution in [0.25, 0.3) is 21.5 Å². The molecule has 0 bridgehead atoms. The zero-order chi connectivity index (χ0) is 34.8. The van der Waals surface area contributed by atoms with E-state index in [1.165, 1.54) is 12.1 Å². The zero-order valence-corrected chi connectivity index (χ0v) is 27.5. The standard InChI is InChI=1S/C39H35N7O4/c1-41-39(50)44(21-20-40)45-25-36(47)46-34(38(49)43(24-35(45)46)23-29-12-6-10-27-8-2-4-13-31(27)29)22-26-16-18-30(19-17-26)42-37(48)33-15-7-11-28-9-3-5-14-32(28)33/h2-19,34-35H,21-25H2,1H3,(H,41,50)(H,42,48)/t34-,35+/m0/s1. The molecule has 2 aliphatic heterocycles. The summed E-state index contributed by atoms with van der Waals surface area (Å²) in [6.45, 7) is 0.0543. The topological polar surface area (TPSA) is 129 Å². The molecule has 0 spiro atoms. The van der Waals surface area contributed by atoms with Gasteiger partial charge in [-0.3, -0.25) is 14.4 Å². The first kappa shape index (κ1) is 32.3. The van der Waals surface area contributed by atoms with Crippen LogP contribution in [0.3, 0.4) is 0 Å². The number of anilines is 1. The van der Waals surface area contributed by atoms with E-state index in [1.54, 1.807) is 33.0 Å². The highest BCUT2D eigenvalue weighted by atomic mass is 16.2. The Morgan fingerprint density at radius 2 is 1.52 bits per heavy atom. The summed E-state index contributed by atoms with van der Waals surface area (Å²) in [4.78, 5) is 57.4. The van der Waals surface area contributed by atoms with Gasteiger partial charge >= 0.3 is 6.03 Å². The molecule has 11 nitrogen and oxygen atoms in total. The predicted octanol–water partition coefficient (Wildman–Crippen LogP) is 4.75. The van der Waals surface area contributed by atoms with E-state index >= 15 is 0 Å². The lowest BCUT2D eigenvalue weighted by atomic mass is 9.98. The summed E-state index contributed by atoms with van der Waals surface area (Å²) < 4.78 is 0. The number of urea groups is 1. The van der Waals surface area contributed by atoms with Gasteiger partial charge in [0.15, 0.2) is 0 Å². The van der Waals surface area contributed by atoms with Gasteiger partial charge in [-0.15, -0.1) is 0 Å². The summed E-state index contributed by atoms with van der Waals surface area (Å²) in [5.74, 6) is -0.738. The van der Waals surface area contributed by atoms with Crippen LogP contribution in [-0.4, -0.2) is 82.5 Å². The van der Waals surface area contributed by atoms with E-state index in [2.05, 4.69) is 10.6 Å². The molecule has 2 atom stereocenters. The summed E-state index contributed by atoms with van der Waals surface area (Å²) in [5, 5.41) is 21.8. The molecule has 250 valence electrons. The number of carbonyl (C=O) groups is 4. The van der Waals surface area contributed by atoms with E-state index < -0.39 is 18.2 Å². The molecule has 0 saturated carbocycles. The number of hydrogen-bond donors (Lipinski definition) is 2. The molecule has 2 aliphatic rings. The van der Waals surface area contributed by atoms with Gasteiger partial charge in [0.2, 0.25) is 11.8 Å². The Balaban J connectivity index is 1.17. The third-order valence-electron chi connectivity index (χ3n) is 9.46. The van der Waals surface area contributed by atoms with E-state index in [0.29, 0.717) is 17.8 Å². The fraction of sp³-hybridized carbons (Fsp3) is 0.205. The number of amides is 5. The number of piperazine rings is 1. The number of hydrogen-bond acceptors (Lipinski definition) is 6. The first-order valence-electron chi connectivity index (χ1n) is 16.4. The number of fused-ring (bicyclic) bond motifs is 3. The van der Waals surface area contributed by atoms with E-state index in [0.717, 1.165) is 32.7 Å². The molecule has 7 rings (SSSR count). The van der Waals surface area contributed by atoms with E-state index in [1.807, 2.05) is 97.1 Å². The number of hydrazine groups is 1. The summed E-state index contributed by atoms with van der Waals surface area (Å²) in [6.07, 6.45) is -0.443. The summed E-state index contributed by atoms with van der Waals surface area (Å²) in [7, 11) is 1.47. The lowest BCUT2D eigenvalue weighted by Gasteiger charge is -2.46. The smallest absolute Gasteiger partial charge is 0.332 e. The summed E-state index contributed by atoms with van der Waals surface area (Å²) >= 11 is 0. The minimum atomic E-state index is -0.856. The molecule has 11 heteroatoms. The molecule has 2 fully saturated rings.